The minimum Gasteiger partial charge on any atom is -0.327 e. The monoisotopic (exact) mass is 179 g/mol. The average molecular weight is 179 g/mol. The molecule has 3 heteroatoms. The molecule has 1 aliphatic rings. The molecule has 0 aliphatic heterocycles. The maximum atomic E-state index is 5.77. The standard InChI is InChI=1S/C10H17N3/c1-2-3-4-13-7-8(6-12-13)9-5-10(9)11/h6-7,9-10H,2-5,11H2,1H3/t9-,10+/m0/s1. The van der Waals surface area contributed by atoms with Gasteiger partial charge in [0.05, 0.1) is 6.20 Å². The zero-order valence-corrected chi connectivity index (χ0v) is 8.11. The lowest BCUT2D eigenvalue weighted by molar-refractivity contribution is 0.571. The number of nitrogens with two attached hydrogens (primary N) is 1. The lowest BCUT2D eigenvalue weighted by Crippen LogP contribution is -2.00. The third-order valence-corrected chi connectivity index (χ3v) is 2.66. The van der Waals surface area contributed by atoms with Gasteiger partial charge in [0.1, 0.15) is 0 Å². The molecule has 1 aromatic rings. The second-order valence-electron chi connectivity index (χ2n) is 3.90. The van der Waals surface area contributed by atoms with E-state index in [1.165, 1.54) is 18.4 Å². The summed E-state index contributed by atoms with van der Waals surface area (Å²) in [5.41, 5.74) is 7.09. The number of aromatic nitrogens is 2. The number of hydrogen-bond acceptors (Lipinski definition) is 2. The van der Waals surface area contributed by atoms with E-state index < -0.39 is 0 Å². The number of nitrogens with zero attached hydrogens (tertiary/aromatic N) is 2. The van der Waals surface area contributed by atoms with Crippen LogP contribution in [0, 0.1) is 0 Å². The van der Waals surface area contributed by atoms with Crippen LogP contribution in [-0.2, 0) is 6.54 Å². The molecule has 0 saturated heterocycles. The van der Waals surface area contributed by atoms with Crippen molar-refractivity contribution in [2.24, 2.45) is 5.73 Å². The zero-order chi connectivity index (χ0) is 9.26. The Morgan fingerprint density at radius 2 is 2.46 bits per heavy atom. The molecule has 0 bridgehead atoms. The quantitative estimate of drug-likeness (QED) is 0.761. The van der Waals surface area contributed by atoms with Crippen molar-refractivity contribution in [2.75, 3.05) is 0 Å². The summed E-state index contributed by atoms with van der Waals surface area (Å²) in [6, 6.07) is 0.392. The second-order valence-corrected chi connectivity index (χ2v) is 3.90. The smallest absolute Gasteiger partial charge is 0.0525 e. The maximum absolute atomic E-state index is 5.77. The molecule has 1 aromatic heterocycles. The van der Waals surface area contributed by atoms with Crippen molar-refractivity contribution in [3.63, 3.8) is 0 Å². The first-order valence-corrected chi connectivity index (χ1v) is 5.09. The van der Waals surface area contributed by atoms with Gasteiger partial charge in [-0.1, -0.05) is 13.3 Å². The fourth-order valence-electron chi connectivity index (χ4n) is 1.61. The van der Waals surface area contributed by atoms with Gasteiger partial charge in [0.25, 0.3) is 0 Å². The van der Waals surface area contributed by atoms with Gasteiger partial charge in [-0.15, -0.1) is 0 Å². The highest BCUT2D eigenvalue weighted by Gasteiger charge is 2.35. The van der Waals surface area contributed by atoms with Crippen LogP contribution < -0.4 is 5.73 Å². The van der Waals surface area contributed by atoms with Crippen molar-refractivity contribution < 1.29 is 0 Å². The molecule has 0 radical (unpaired) electrons. The van der Waals surface area contributed by atoms with E-state index in [2.05, 4.69) is 18.2 Å². The average Bonchev–Trinajstić information content (AvgIpc) is 2.67. The van der Waals surface area contributed by atoms with Gasteiger partial charge < -0.3 is 5.73 Å². The lowest BCUT2D eigenvalue weighted by Gasteiger charge is -1.97. The highest BCUT2D eigenvalue weighted by atomic mass is 15.3. The van der Waals surface area contributed by atoms with Gasteiger partial charge in [-0.05, 0) is 18.4 Å². The number of hydrogen-bond donors (Lipinski definition) is 1. The highest BCUT2D eigenvalue weighted by Crippen LogP contribution is 2.38. The molecule has 0 unspecified atom stereocenters. The SMILES string of the molecule is CCCCn1cc([C@@H]2C[C@H]2N)cn1. The van der Waals surface area contributed by atoms with Gasteiger partial charge in [-0.25, -0.2) is 0 Å². The van der Waals surface area contributed by atoms with Gasteiger partial charge in [0.2, 0.25) is 0 Å². The molecule has 0 spiro atoms. The van der Waals surface area contributed by atoms with E-state index in [0.29, 0.717) is 12.0 Å². The summed E-state index contributed by atoms with van der Waals surface area (Å²) in [6.07, 6.45) is 7.68. The van der Waals surface area contributed by atoms with Crippen LogP contribution in [0.5, 0.6) is 0 Å². The van der Waals surface area contributed by atoms with Crippen molar-refractivity contribution in [3.8, 4) is 0 Å². The predicted molar refractivity (Wildman–Crippen MR) is 52.5 cm³/mol. The molecular weight excluding hydrogens is 162 g/mol. The van der Waals surface area contributed by atoms with Gasteiger partial charge >= 0.3 is 0 Å². The Balaban J connectivity index is 1.94. The molecule has 1 aliphatic carbocycles. The Morgan fingerprint density at radius 1 is 1.69 bits per heavy atom. The van der Waals surface area contributed by atoms with Crippen molar-refractivity contribution in [3.05, 3.63) is 18.0 Å². The molecule has 1 saturated carbocycles. The molecule has 2 rings (SSSR count). The second kappa shape index (κ2) is 3.50. The lowest BCUT2D eigenvalue weighted by atomic mass is 10.2. The van der Waals surface area contributed by atoms with Crippen LogP contribution in [-0.4, -0.2) is 15.8 Å². The Hall–Kier alpha value is -0.830. The summed E-state index contributed by atoms with van der Waals surface area (Å²) in [7, 11) is 0. The van der Waals surface area contributed by atoms with E-state index >= 15 is 0 Å². The van der Waals surface area contributed by atoms with Crippen molar-refractivity contribution >= 4 is 0 Å². The first-order chi connectivity index (χ1) is 6.31. The third-order valence-electron chi connectivity index (χ3n) is 2.66. The van der Waals surface area contributed by atoms with E-state index in [0.717, 1.165) is 13.0 Å². The fourth-order valence-corrected chi connectivity index (χ4v) is 1.61. The van der Waals surface area contributed by atoms with Crippen LogP contribution in [0.4, 0.5) is 0 Å². The van der Waals surface area contributed by atoms with Crippen LogP contribution in [0.25, 0.3) is 0 Å². The van der Waals surface area contributed by atoms with Crippen molar-refractivity contribution in [1.29, 1.82) is 0 Å². The number of rotatable bonds is 4. The largest absolute Gasteiger partial charge is 0.327 e. The minimum atomic E-state index is 0.392. The zero-order valence-electron chi connectivity index (χ0n) is 8.11. The molecule has 3 nitrogen and oxygen atoms in total. The predicted octanol–water partition coefficient (Wildman–Crippen LogP) is 1.50. The van der Waals surface area contributed by atoms with Crippen LogP contribution in [0.15, 0.2) is 12.4 Å². The summed E-state index contributed by atoms with van der Waals surface area (Å²) in [5.74, 6) is 0.593. The van der Waals surface area contributed by atoms with Crippen LogP contribution >= 0.6 is 0 Å². The highest BCUT2D eigenvalue weighted by molar-refractivity contribution is 5.22. The third kappa shape index (κ3) is 1.91. The molecule has 2 N–H and O–H groups in total. The fraction of sp³-hybridized carbons (Fsp3) is 0.700. The summed E-state index contributed by atoms with van der Waals surface area (Å²) in [5, 5.41) is 4.31. The molecule has 13 heavy (non-hydrogen) atoms. The molecular formula is C10H17N3. The minimum absolute atomic E-state index is 0.392. The summed E-state index contributed by atoms with van der Waals surface area (Å²) in [4.78, 5) is 0. The summed E-state index contributed by atoms with van der Waals surface area (Å²) in [6.45, 7) is 3.24. The first-order valence-electron chi connectivity index (χ1n) is 5.09. The van der Waals surface area contributed by atoms with E-state index in [-0.39, 0.29) is 0 Å². The van der Waals surface area contributed by atoms with Gasteiger partial charge in [0, 0.05) is 24.7 Å². The van der Waals surface area contributed by atoms with E-state index in [1.54, 1.807) is 0 Å². The molecule has 1 fully saturated rings. The van der Waals surface area contributed by atoms with Crippen molar-refractivity contribution in [1.82, 2.24) is 9.78 Å². The number of unbranched alkanes of at least 4 members (excludes halogenated alkanes) is 1. The molecule has 72 valence electrons. The molecule has 2 atom stereocenters. The van der Waals surface area contributed by atoms with Gasteiger partial charge in [0.15, 0.2) is 0 Å². The van der Waals surface area contributed by atoms with E-state index in [1.807, 2.05) is 10.9 Å². The maximum Gasteiger partial charge on any atom is 0.0525 e. The summed E-state index contributed by atoms with van der Waals surface area (Å²) < 4.78 is 2.03. The van der Waals surface area contributed by atoms with Gasteiger partial charge in [-0.3, -0.25) is 4.68 Å². The van der Waals surface area contributed by atoms with E-state index in [9.17, 15) is 0 Å². The molecule has 0 amide bonds. The Kier molecular flexibility index (Phi) is 2.36. The topological polar surface area (TPSA) is 43.8 Å². The first kappa shape index (κ1) is 8.75. The normalized spacial score (nSPS) is 26.3. The van der Waals surface area contributed by atoms with Crippen LogP contribution in [0.2, 0.25) is 0 Å². The van der Waals surface area contributed by atoms with Crippen LogP contribution in [0.1, 0.15) is 37.7 Å². The Morgan fingerprint density at radius 3 is 3.08 bits per heavy atom. The number of aryl methyl sites for hydroxylation is 1. The molecule has 0 aromatic carbocycles. The van der Waals surface area contributed by atoms with Crippen molar-refractivity contribution in [2.45, 2.75) is 44.7 Å². The van der Waals surface area contributed by atoms with Gasteiger partial charge in [-0.2, -0.15) is 5.10 Å². The Labute approximate surface area is 78.9 Å². The summed E-state index contributed by atoms with van der Waals surface area (Å²) >= 11 is 0. The van der Waals surface area contributed by atoms with E-state index in [4.69, 9.17) is 5.73 Å². The molecule has 1 heterocycles. The Bertz CT molecular complexity index is 279. The van der Waals surface area contributed by atoms with Crippen LogP contribution in [0.3, 0.4) is 0 Å².